The Morgan fingerprint density at radius 1 is 1.12 bits per heavy atom. The van der Waals surface area contributed by atoms with E-state index in [9.17, 15) is 4.57 Å². The molecule has 25 heavy (non-hydrogen) atoms. The fourth-order valence-corrected chi connectivity index (χ4v) is 5.08. The number of aromatic nitrogens is 3. The van der Waals surface area contributed by atoms with Crippen molar-refractivity contribution in [2.24, 2.45) is 0 Å². The topological polar surface area (TPSA) is 51.0 Å². The molecule has 3 aromatic rings. The number of rotatable bonds is 3. The standard InChI is InChI=1S/C19H23N4OP/c1-25(2,24)17-8-11-22(12-9-17)19-13-16(7-10-20-19)23-18-6-4-3-5-15(18)14-21-23/h3-7,10,13-14,17H,8-9,11-12H2,1-2H3. The molecule has 0 spiro atoms. The summed E-state index contributed by atoms with van der Waals surface area (Å²) >= 11 is 0. The van der Waals surface area contributed by atoms with E-state index in [-0.39, 0.29) is 0 Å². The zero-order valence-corrected chi connectivity index (χ0v) is 15.6. The van der Waals surface area contributed by atoms with Crippen LogP contribution in [0.25, 0.3) is 16.6 Å². The molecule has 1 saturated heterocycles. The van der Waals surface area contributed by atoms with E-state index in [2.05, 4.69) is 33.2 Å². The number of hydrogen-bond donors (Lipinski definition) is 0. The first-order valence-electron chi connectivity index (χ1n) is 8.71. The Morgan fingerprint density at radius 3 is 2.64 bits per heavy atom. The van der Waals surface area contributed by atoms with Crippen molar-refractivity contribution in [3.05, 3.63) is 48.8 Å². The van der Waals surface area contributed by atoms with Crippen LogP contribution in [0.5, 0.6) is 0 Å². The largest absolute Gasteiger partial charge is 0.357 e. The predicted molar refractivity (Wildman–Crippen MR) is 104 cm³/mol. The zero-order chi connectivity index (χ0) is 17.4. The average Bonchev–Trinajstić information content (AvgIpc) is 3.05. The number of pyridine rings is 1. The minimum Gasteiger partial charge on any atom is -0.357 e. The Hall–Kier alpha value is -2.13. The summed E-state index contributed by atoms with van der Waals surface area (Å²) < 4.78 is 14.3. The number of benzene rings is 1. The SMILES string of the molecule is CP(C)(=O)C1CCN(c2cc(-n3ncc4ccccc43)ccn2)CC1. The Bertz CT molecular complexity index is 937. The summed E-state index contributed by atoms with van der Waals surface area (Å²) in [5.41, 5.74) is 2.46. The van der Waals surface area contributed by atoms with Gasteiger partial charge in [0.1, 0.15) is 5.82 Å². The molecular formula is C19H23N4OP. The molecule has 5 nitrogen and oxygen atoms in total. The van der Waals surface area contributed by atoms with Gasteiger partial charge in [0.05, 0.1) is 24.5 Å². The molecule has 3 heterocycles. The van der Waals surface area contributed by atoms with Crippen LogP contribution in [0.4, 0.5) is 5.82 Å². The second-order valence-electron chi connectivity index (χ2n) is 7.14. The zero-order valence-electron chi connectivity index (χ0n) is 14.7. The molecule has 1 aliphatic heterocycles. The number of piperidine rings is 1. The molecule has 1 aliphatic rings. The quantitative estimate of drug-likeness (QED) is 0.667. The van der Waals surface area contributed by atoms with Crippen molar-refractivity contribution in [3.63, 3.8) is 0 Å². The van der Waals surface area contributed by atoms with Gasteiger partial charge < -0.3 is 9.46 Å². The normalized spacial score (nSPS) is 16.5. The Kier molecular flexibility index (Phi) is 4.12. The lowest BCUT2D eigenvalue weighted by Crippen LogP contribution is -2.36. The second kappa shape index (κ2) is 6.30. The third-order valence-electron chi connectivity index (χ3n) is 5.12. The Labute approximate surface area is 148 Å². The molecule has 0 aliphatic carbocycles. The van der Waals surface area contributed by atoms with Gasteiger partial charge >= 0.3 is 0 Å². The molecule has 0 unspecified atom stereocenters. The summed E-state index contributed by atoms with van der Waals surface area (Å²) in [6.07, 6.45) is 5.68. The Balaban J connectivity index is 1.60. The molecule has 2 aromatic heterocycles. The number of anilines is 1. The third-order valence-corrected chi connectivity index (χ3v) is 7.39. The minimum atomic E-state index is -2.00. The third kappa shape index (κ3) is 3.21. The fraction of sp³-hybridized carbons (Fsp3) is 0.368. The van der Waals surface area contributed by atoms with E-state index in [0.29, 0.717) is 5.66 Å². The van der Waals surface area contributed by atoms with E-state index in [4.69, 9.17) is 0 Å². The van der Waals surface area contributed by atoms with Crippen LogP contribution in [0.1, 0.15) is 12.8 Å². The fourth-order valence-electron chi connectivity index (χ4n) is 3.61. The van der Waals surface area contributed by atoms with Gasteiger partial charge in [-0.15, -0.1) is 0 Å². The first-order chi connectivity index (χ1) is 12.0. The first kappa shape index (κ1) is 16.3. The van der Waals surface area contributed by atoms with E-state index in [1.165, 1.54) is 0 Å². The molecule has 0 saturated carbocycles. The van der Waals surface area contributed by atoms with Gasteiger partial charge in [-0.05, 0) is 38.3 Å². The molecule has 0 atom stereocenters. The number of fused-ring (bicyclic) bond motifs is 1. The number of hydrogen-bond acceptors (Lipinski definition) is 4. The average molecular weight is 354 g/mol. The van der Waals surface area contributed by atoms with Gasteiger partial charge in [0, 0.05) is 36.4 Å². The highest BCUT2D eigenvalue weighted by Crippen LogP contribution is 2.47. The summed E-state index contributed by atoms with van der Waals surface area (Å²) in [6.45, 7) is 5.64. The van der Waals surface area contributed by atoms with Gasteiger partial charge in [0.15, 0.2) is 0 Å². The van der Waals surface area contributed by atoms with Gasteiger partial charge in [-0.3, -0.25) is 0 Å². The smallest absolute Gasteiger partial charge is 0.130 e. The molecule has 0 bridgehead atoms. The lowest BCUT2D eigenvalue weighted by Gasteiger charge is -2.34. The molecule has 130 valence electrons. The van der Waals surface area contributed by atoms with Crippen molar-refractivity contribution in [3.8, 4) is 5.69 Å². The van der Waals surface area contributed by atoms with Crippen molar-refractivity contribution in [2.75, 3.05) is 31.3 Å². The molecule has 1 fully saturated rings. The molecular weight excluding hydrogens is 331 g/mol. The van der Waals surface area contributed by atoms with Crippen LogP contribution in [0.15, 0.2) is 48.8 Å². The molecule has 0 amide bonds. The lowest BCUT2D eigenvalue weighted by molar-refractivity contribution is 0.530. The summed E-state index contributed by atoms with van der Waals surface area (Å²) in [5.74, 6) is 0.970. The number of nitrogens with zero attached hydrogens (tertiary/aromatic N) is 4. The van der Waals surface area contributed by atoms with E-state index in [1.54, 1.807) is 0 Å². The van der Waals surface area contributed by atoms with Crippen molar-refractivity contribution >= 4 is 23.9 Å². The van der Waals surface area contributed by atoms with Gasteiger partial charge in [0.25, 0.3) is 0 Å². The maximum absolute atomic E-state index is 12.3. The van der Waals surface area contributed by atoms with Crippen LogP contribution in [-0.2, 0) is 4.57 Å². The summed E-state index contributed by atoms with van der Waals surface area (Å²) in [4.78, 5) is 6.85. The molecule has 0 radical (unpaired) electrons. The van der Waals surface area contributed by atoms with Crippen LogP contribution in [0.2, 0.25) is 0 Å². The van der Waals surface area contributed by atoms with Gasteiger partial charge in [-0.25, -0.2) is 9.67 Å². The van der Waals surface area contributed by atoms with Crippen molar-refractivity contribution in [1.29, 1.82) is 0 Å². The highest BCUT2D eigenvalue weighted by Gasteiger charge is 2.28. The molecule has 0 N–H and O–H groups in total. The molecule has 1 aromatic carbocycles. The summed E-state index contributed by atoms with van der Waals surface area (Å²) in [6, 6.07) is 12.3. The summed E-state index contributed by atoms with van der Waals surface area (Å²) in [5, 5.41) is 5.66. The van der Waals surface area contributed by atoms with Crippen LogP contribution in [-0.4, -0.2) is 46.8 Å². The number of para-hydroxylation sites is 1. The van der Waals surface area contributed by atoms with Crippen LogP contribution >= 0.6 is 7.14 Å². The van der Waals surface area contributed by atoms with Crippen LogP contribution < -0.4 is 4.90 Å². The Morgan fingerprint density at radius 2 is 1.88 bits per heavy atom. The molecule has 6 heteroatoms. The van der Waals surface area contributed by atoms with E-state index >= 15 is 0 Å². The van der Waals surface area contributed by atoms with E-state index < -0.39 is 7.14 Å². The lowest BCUT2D eigenvalue weighted by atomic mass is 10.1. The molecule has 4 rings (SSSR count). The highest BCUT2D eigenvalue weighted by molar-refractivity contribution is 7.63. The van der Waals surface area contributed by atoms with Crippen molar-refractivity contribution < 1.29 is 4.57 Å². The summed E-state index contributed by atoms with van der Waals surface area (Å²) in [7, 11) is -2.00. The first-order valence-corrected chi connectivity index (χ1v) is 11.4. The van der Waals surface area contributed by atoms with E-state index in [1.807, 2.05) is 48.6 Å². The van der Waals surface area contributed by atoms with Gasteiger partial charge in [0.2, 0.25) is 0 Å². The highest BCUT2D eigenvalue weighted by atomic mass is 31.2. The maximum atomic E-state index is 12.3. The van der Waals surface area contributed by atoms with Gasteiger partial charge in [-0.1, -0.05) is 18.2 Å². The van der Waals surface area contributed by atoms with Gasteiger partial charge in [-0.2, -0.15) is 5.10 Å². The second-order valence-corrected chi connectivity index (χ2v) is 10.7. The predicted octanol–water partition coefficient (Wildman–Crippen LogP) is 4.01. The minimum absolute atomic E-state index is 0.349. The maximum Gasteiger partial charge on any atom is 0.130 e. The monoisotopic (exact) mass is 354 g/mol. The van der Waals surface area contributed by atoms with Crippen molar-refractivity contribution in [1.82, 2.24) is 14.8 Å². The van der Waals surface area contributed by atoms with Crippen LogP contribution in [0.3, 0.4) is 0 Å². The van der Waals surface area contributed by atoms with Crippen molar-refractivity contribution in [2.45, 2.75) is 18.5 Å². The van der Waals surface area contributed by atoms with E-state index in [0.717, 1.165) is 48.3 Å². The van der Waals surface area contributed by atoms with Crippen LogP contribution in [0, 0.1) is 0 Å².